The number of carbonyl (C=O) groups excluding carboxylic acids is 1. The van der Waals surface area contributed by atoms with Crippen LogP contribution in [0, 0.1) is 0 Å². The zero-order chi connectivity index (χ0) is 22.6. The number of ketones is 1. The molecule has 30 heavy (non-hydrogen) atoms. The number of unbranched alkanes of at least 4 members (excludes halogenated alkanes) is 3. The molecule has 0 aromatic heterocycles. The van der Waals surface area contributed by atoms with Crippen molar-refractivity contribution in [2.75, 3.05) is 5.75 Å². The van der Waals surface area contributed by atoms with Crippen molar-refractivity contribution in [2.24, 2.45) is 0 Å². The van der Waals surface area contributed by atoms with Crippen LogP contribution in [0.2, 0.25) is 0 Å². The number of hydrogen-bond acceptors (Lipinski definition) is 5. The number of aliphatic carboxylic acids is 2. The van der Waals surface area contributed by atoms with Crippen molar-refractivity contribution in [3.63, 3.8) is 0 Å². The maximum absolute atomic E-state index is 11.3. The molecule has 0 radical (unpaired) electrons. The summed E-state index contributed by atoms with van der Waals surface area (Å²) in [5.41, 5.74) is 0. The highest BCUT2D eigenvalue weighted by Crippen LogP contribution is 2.20. The second kappa shape index (κ2) is 18.9. The molecule has 0 rings (SSSR count). The fourth-order valence-corrected chi connectivity index (χ4v) is 3.45. The van der Waals surface area contributed by atoms with Gasteiger partial charge in [-0.3, -0.25) is 9.59 Å². The first-order chi connectivity index (χ1) is 14.4. The zero-order valence-electron chi connectivity index (χ0n) is 17.6. The van der Waals surface area contributed by atoms with Crippen molar-refractivity contribution >= 4 is 29.5 Å². The van der Waals surface area contributed by atoms with Crippen LogP contribution < -0.4 is 0 Å². The molecule has 6 nitrogen and oxygen atoms in total. The normalized spacial score (nSPS) is 14.2. The summed E-state index contributed by atoms with van der Waals surface area (Å²) in [5, 5.41) is 27.2. The molecule has 0 aliphatic carbocycles. The minimum atomic E-state index is -1.50. The van der Waals surface area contributed by atoms with Crippen molar-refractivity contribution < 1.29 is 29.7 Å². The summed E-state index contributed by atoms with van der Waals surface area (Å²) in [6.45, 7) is 2.18. The van der Waals surface area contributed by atoms with Crippen LogP contribution in [-0.4, -0.2) is 50.1 Å². The van der Waals surface area contributed by atoms with E-state index in [4.69, 9.17) is 10.2 Å². The van der Waals surface area contributed by atoms with Crippen LogP contribution in [-0.2, 0) is 14.4 Å². The van der Waals surface area contributed by atoms with Gasteiger partial charge in [0, 0.05) is 11.7 Å². The van der Waals surface area contributed by atoms with E-state index in [1.807, 2.05) is 18.2 Å². The first-order valence-corrected chi connectivity index (χ1v) is 11.4. The Labute approximate surface area is 183 Å². The van der Waals surface area contributed by atoms with Crippen molar-refractivity contribution in [1.29, 1.82) is 0 Å². The third kappa shape index (κ3) is 16.8. The lowest BCUT2D eigenvalue weighted by Crippen LogP contribution is -2.24. The predicted octanol–water partition coefficient (Wildman–Crippen LogP) is 4.55. The maximum atomic E-state index is 11.3. The van der Waals surface area contributed by atoms with E-state index < -0.39 is 29.1 Å². The van der Waals surface area contributed by atoms with E-state index in [1.54, 1.807) is 18.2 Å². The fraction of sp³-hybridized carbons (Fsp3) is 0.522. The van der Waals surface area contributed by atoms with E-state index in [9.17, 15) is 19.5 Å². The van der Waals surface area contributed by atoms with Crippen molar-refractivity contribution in [1.82, 2.24) is 0 Å². The SMILES string of the molecule is CCCCC/C=C/C/C=C/C=C/C=C\[C@@H](SCC(=O)C(=O)O)[C@@H](O)CCCC(=O)O. The molecular weight excluding hydrogens is 404 g/mol. The van der Waals surface area contributed by atoms with Crippen LogP contribution >= 0.6 is 11.8 Å². The molecule has 0 fully saturated rings. The quantitative estimate of drug-likeness (QED) is 0.124. The van der Waals surface area contributed by atoms with Gasteiger partial charge in [0.2, 0.25) is 5.78 Å². The molecule has 3 N–H and O–H groups in total. The number of carboxylic acid groups (broad SMARTS) is 2. The minimum absolute atomic E-state index is 0.0516. The molecule has 0 unspecified atom stereocenters. The molecule has 0 bridgehead atoms. The zero-order valence-corrected chi connectivity index (χ0v) is 18.4. The Morgan fingerprint density at radius 1 is 0.933 bits per heavy atom. The molecule has 0 aliphatic heterocycles. The summed E-state index contributed by atoms with van der Waals surface area (Å²) in [7, 11) is 0. The summed E-state index contributed by atoms with van der Waals surface area (Å²) in [4.78, 5) is 32.6. The predicted molar refractivity (Wildman–Crippen MR) is 122 cm³/mol. The van der Waals surface area contributed by atoms with Gasteiger partial charge >= 0.3 is 11.9 Å². The number of rotatable bonds is 18. The average molecular weight is 439 g/mol. The molecule has 7 heteroatoms. The van der Waals surface area contributed by atoms with Gasteiger partial charge in [-0.05, 0) is 32.1 Å². The number of Topliss-reactive ketones (excluding diaryl/α,β-unsaturated/α-hetero) is 1. The minimum Gasteiger partial charge on any atom is -0.481 e. The van der Waals surface area contributed by atoms with Crippen molar-refractivity contribution in [3.05, 3.63) is 48.6 Å². The van der Waals surface area contributed by atoms with Crippen LogP contribution in [0.1, 0.15) is 58.3 Å². The molecule has 0 aromatic carbocycles. The number of aliphatic hydroxyl groups is 1. The van der Waals surface area contributed by atoms with Gasteiger partial charge in [0.05, 0.1) is 11.9 Å². The number of thioether (sulfide) groups is 1. The molecule has 168 valence electrons. The van der Waals surface area contributed by atoms with Crippen LogP contribution in [0.3, 0.4) is 0 Å². The van der Waals surface area contributed by atoms with Gasteiger partial charge in [-0.25, -0.2) is 4.79 Å². The third-order valence-corrected chi connectivity index (χ3v) is 5.38. The summed E-state index contributed by atoms with van der Waals surface area (Å²) in [6.07, 6.45) is 20.6. The van der Waals surface area contributed by atoms with E-state index in [0.29, 0.717) is 6.42 Å². The Kier molecular flexibility index (Phi) is 17.5. The Morgan fingerprint density at radius 2 is 1.67 bits per heavy atom. The highest BCUT2D eigenvalue weighted by molar-refractivity contribution is 8.00. The summed E-state index contributed by atoms with van der Waals surface area (Å²) in [5.74, 6) is -3.63. The standard InChI is InChI=1S/C23H34O6S/c1-2-3-4-5-6-7-8-9-10-11-12-13-16-21(30-18-20(25)23(28)29)19(24)15-14-17-22(26)27/h6-7,9-13,16,19,21,24H,2-5,8,14-15,17-18H2,1H3,(H,26,27)(H,28,29)/b7-6+,10-9+,12-11+,16-13-/t19-,21+/m0/s1. The maximum Gasteiger partial charge on any atom is 0.373 e. The van der Waals surface area contributed by atoms with Crippen molar-refractivity contribution in [3.8, 4) is 0 Å². The topological polar surface area (TPSA) is 112 Å². The number of hydrogen-bond donors (Lipinski definition) is 3. The van der Waals surface area contributed by atoms with Gasteiger partial charge in [0.25, 0.3) is 0 Å². The fourth-order valence-electron chi connectivity index (χ4n) is 2.42. The molecule has 0 heterocycles. The molecule has 0 spiro atoms. The van der Waals surface area contributed by atoms with Gasteiger partial charge in [-0.1, -0.05) is 68.4 Å². The number of carboxylic acids is 2. The number of aliphatic hydroxyl groups excluding tert-OH is 1. The van der Waals surface area contributed by atoms with Crippen LogP contribution in [0.5, 0.6) is 0 Å². The monoisotopic (exact) mass is 438 g/mol. The Bertz CT molecular complexity index is 621. The lowest BCUT2D eigenvalue weighted by atomic mass is 10.1. The smallest absolute Gasteiger partial charge is 0.373 e. The van der Waals surface area contributed by atoms with E-state index in [2.05, 4.69) is 19.1 Å². The van der Waals surface area contributed by atoms with Gasteiger partial charge in [0.1, 0.15) is 0 Å². The lowest BCUT2D eigenvalue weighted by Gasteiger charge is -2.18. The number of allylic oxidation sites excluding steroid dienone is 7. The van der Waals surface area contributed by atoms with Gasteiger partial charge in [-0.15, -0.1) is 11.8 Å². The molecule has 0 aromatic rings. The highest BCUT2D eigenvalue weighted by atomic mass is 32.2. The van der Waals surface area contributed by atoms with E-state index in [1.165, 1.54) is 19.3 Å². The molecule has 0 amide bonds. The molecular formula is C23H34O6S. The van der Waals surface area contributed by atoms with Crippen LogP contribution in [0.25, 0.3) is 0 Å². The Morgan fingerprint density at radius 3 is 2.33 bits per heavy atom. The first kappa shape index (κ1) is 27.9. The molecule has 0 saturated heterocycles. The summed E-state index contributed by atoms with van der Waals surface area (Å²) < 4.78 is 0. The van der Waals surface area contributed by atoms with Gasteiger partial charge in [-0.2, -0.15) is 0 Å². The summed E-state index contributed by atoms with van der Waals surface area (Å²) >= 11 is 1.03. The molecule has 2 atom stereocenters. The summed E-state index contributed by atoms with van der Waals surface area (Å²) in [6, 6.07) is 0. The third-order valence-electron chi connectivity index (χ3n) is 4.10. The van der Waals surface area contributed by atoms with Gasteiger partial charge < -0.3 is 15.3 Å². The second-order valence-corrected chi connectivity index (χ2v) is 7.92. The number of carbonyl (C=O) groups is 3. The van der Waals surface area contributed by atoms with E-state index in [0.717, 1.165) is 24.6 Å². The highest BCUT2D eigenvalue weighted by Gasteiger charge is 2.20. The second-order valence-electron chi connectivity index (χ2n) is 6.76. The Hall–Kier alpha value is -2.12. The van der Waals surface area contributed by atoms with E-state index >= 15 is 0 Å². The average Bonchev–Trinajstić information content (AvgIpc) is 2.70. The molecule has 0 aliphatic rings. The Balaban J connectivity index is 4.53. The largest absolute Gasteiger partial charge is 0.481 e. The van der Waals surface area contributed by atoms with E-state index in [-0.39, 0.29) is 18.6 Å². The van der Waals surface area contributed by atoms with Crippen molar-refractivity contribution in [2.45, 2.75) is 69.6 Å². The molecule has 0 saturated carbocycles. The van der Waals surface area contributed by atoms with Crippen LogP contribution in [0.15, 0.2) is 48.6 Å². The lowest BCUT2D eigenvalue weighted by molar-refractivity contribution is -0.147. The first-order valence-electron chi connectivity index (χ1n) is 10.3. The van der Waals surface area contributed by atoms with Crippen LogP contribution in [0.4, 0.5) is 0 Å². The van der Waals surface area contributed by atoms with Gasteiger partial charge in [0.15, 0.2) is 0 Å².